The van der Waals surface area contributed by atoms with E-state index in [2.05, 4.69) is 22.9 Å². The van der Waals surface area contributed by atoms with E-state index in [1.807, 2.05) is 25.1 Å². The van der Waals surface area contributed by atoms with Crippen molar-refractivity contribution in [2.24, 2.45) is 23.5 Å². The summed E-state index contributed by atoms with van der Waals surface area (Å²) in [4.78, 5) is 17.7. The maximum Gasteiger partial charge on any atom is 0.223 e. The Bertz CT molecular complexity index is 784. The van der Waals surface area contributed by atoms with Crippen molar-refractivity contribution in [3.8, 4) is 0 Å². The molecule has 0 spiro atoms. The fourth-order valence-corrected chi connectivity index (χ4v) is 5.16. The van der Waals surface area contributed by atoms with Gasteiger partial charge in [-0.05, 0) is 63.5 Å². The molecule has 2 saturated carbocycles. The maximum absolute atomic E-state index is 12.9. The molecule has 140 valence electrons. The van der Waals surface area contributed by atoms with Gasteiger partial charge in [-0.3, -0.25) is 4.79 Å². The van der Waals surface area contributed by atoms with Gasteiger partial charge in [-0.1, -0.05) is 18.6 Å². The van der Waals surface area contributed by atoms with Crippen molar-refractivity contribution in [1.29, 1.82) is 0 Å². The van der Waals surface area contributed by atoms with Crippen LogP contribution < -0.4 is 11.1 Å². The first kappa shape index (κ1) is 17.5. The molecule has 0 saturated heterocycles. The summed E-state index contributed by atoms with van der Waals surface area (Å²) in [6.07, 6.45) is 5.53. The summed E-state index contributed by atoms with van der Waals surface area (Å²) in [7, 11) is 0. The molecule has 1 aromatic heterocycles. The van der Waals surface area contributed by atoms with Crippen LogP contribution in [0.15, 0.2) is 24.3 Å². The van der Waals surface area contributed by atoms with Gasteiger partial charge in [0.2, 0.25) is 5.91 Å². The second-order valence-corrected chi connectivity index (χ2v) is 8.13. The average molecular weight is 354 g/mol. The zero-order chi connectivity index (χ0) is 18.3. The first-order valence-electron chi connectivity index (χ1n) is 10.1. The quantitative estimate of drug-likeness (QED) is 0.884. The zero-order valence-corrected chi connectivity index (χ0v) is 15.8. The lowest BCUT2D eigenvalue weighted by Gasteiger charge is -2.43. The van der Waals surface area contributed by atoms with Crippen molar-refractivity contribution in [2.75, 3.05) is 0 Å². The molecule has 2 bridgehead atoms. The number of carbonyl (C=O) groups is 1. The van der Waals surface area contributed by atoms with E-state index < -0.39 is 0 Å². The maximum atomic E-state index is 12.9. The van der Waals surface area contributed by atoms with E-state index >= 15 is 0 Å². The van der Waals surface area contributed by atoms with Crippen LogP contribution >= 0.6 is 0 Å². The number of nitrogens with zero attached hydrogens (tertiary/aromatic N) is 2. The number of imidazole rings is 1. The van der Waals surface area contributed by atoms with E-state index in [1.165, 1.54) is 19.3 Å². The Hall–Kier alpha value is -1.88. The van der Waals surface area contributed by atoms with E-state index in [4.69, 9.17) is 10.7 Å². The van der Waals surface area contributed by atoms with Crippen molar-refractivity contribution >= 4 is 16.9 Å². The minimum Gasteiger partial charge on any atom is -0.346 e. The molecule has 4 rings (SSSR count). The molecular formula is C21H30N4O. The van der Waals surface area contributed by atoms with Gasteiger partial charge in [0, 0.05) is 18.5 Å². The highest BCUT2D eigenvalue weighted by Gasteiger charge is 2.40. The molecule has 3 N–H and O–H groups in total. The minimum atomic E-state index is -0.0923. The third-order valence-corrected chi connectivity index (χ3v) is 6.53. The van der Waals surface area contributed by atoms with E-state index in [-0.39, 0.29) is 17.9 Å². The lowest BCUT2D eigenvalue weighted by atomic mass is 9.65. The summed E-state index contributed by atoms with van der Waals surface area (Å²) in [5, 5.41) is 3.24. The van der Waals surface area contributed by atoms with E-state index in [1.54, 1.807) is 0 Å². The molecular weight excluding hydrogens is 324 g/mol. The molecule has 2 aliphatic carbocycles. The predicted molar refractivity (Wildman–Crippen MR) is 103 cm³/mol. The van der Waals surface area contributed by atoms with Gasteiger partial charge in [0.1, 0.15) is 5.82 Å². The highest BCUT2D eigenvalue weighted by Crippen LogP contribution is 2.42. The summed E-state index contributed by atoms with van der Waals surface area (Å²) in [5.41, 5.74) is 8.49. The fraction of sp³-hybridized carbons (Fsp3) is 0.619. The molecule has 0 aliphatic heterocycles. The van der Waals surface area contributed by atoms with Crippen LogP contribution in [0.5, 0.6) is 0 Å². The van der Waals surface area contributed by atoms with Gasteiger partial charge in [0.05, 0.1) is 17.1 Å². The number of hydrogen-bond donors (Lipinski definition) is 2. The van der Waals surface area contributed by atoms with Crippen molar-refractivity contribution < 1.29 is 4.79 Å². The molecule has 5 nitrogen and oxygen atoms in total. The number of carbonyl (C=O) groups excluding carboxylic acids is 1. The smallest absolute Gasteiger partial charge is 0.223 e. The van der Waals surface area contributed by atoms with E-state index in [0.29, 0.717) is 17.9 Å². The van der Waals surface area contributed by atoms with Crippen molar-refractivity contribution in [3.63, 3.8) is 0 Å². The number of benzene rings is 1. The Morgan fingerprint density at radius 3 is 2.69 bits per heavy atom. The van der Waals surface area contributed by atoms with Gasteiger partial charge >= 0.3 is 0 Å². The Balaban J connectivity index is 1.50. The number of hydrogen-bond acceptors (Lipinski definition) is 3. The predicted octanol–water partition coefficient (Wildman–Crippen LogP) is 3.39. The largest absolute Gasteiger partial charge is 0.346 e. The van der Waals surface area contributed by atoms with Crippen LogP contribution in [0.1, 0.15) is 57.8 Å². The Kier molecular flexibility index (Phi) is 4.74. The monoisotopic (exact) mass is 354 g/mol. The van der Waals surface area contributed by atoms with Gasteiger partial charge in [0.15, 0.2) is 0 Å². The van der Waals surface area contributed by atoms with Crippen LogP contribution in [-0.2, 0) is 11.3 Å². The number of aryl methyl sites for hydroxylation is 1. The summed E-state index contributed by atoms with van der Waals surface area (Å²) in [6, 6.07) is 8.37. The summed E-state index contributed by atoms with van der Waals surface area (Å²) < 4.78 is 2.20. The topological polar surface area (TPSA) is 72.9 Å². The number of fused-ring (bicyclic) bond motifs is 3. The van der Waals surface area contributed by atoms with Crippen LogP contribution in [0.2, 0.25) is 0 Å². The van der Waals surface area contributed by atoms with E-state index in [0.717, 1.165) is 36.2 Å². The molecule has 5 heteroatoms. The van der Waals surface area contributed by atoms with Crippen molar-refractivity contribution in [3.05, 3.63) is 30.1 Å². The average Bonchev–Trinajstić information content (AvgIpc) is 3.00. The minimum absolute atomic E-state index is 0.0923. The van der Waals surface area contributed by atoms with Gasteiger partial charge in [0.25, 0.3) is 0 Å². The van der Waals surface area contributed by atoms with Gasteiger partial charge in [-0.15, -0.1) is 0 Å². The molecule has 1 aromatic carbocycles. The number of nitrogens with one attached hydrogen (secondary N) is 1. The second kappa shape index (κ2) is 7.03. The number of rotatable bonds is 4. The third kappa shape index (κ3) is 3.02. The Labute approximate surface area is 155 Å². The highest BCUT2D eigenvalue weighted by molar-refractivity contribution is 5.80. The van der Waals surface area contributed by atoms with Crippen LogP contribution in [0, 0.1) is 17.8 Å². The number of aromatic nitrogens is 2. The first-order chi connectivity index (χ1) is 12.6. The molecule has 1 heterocycles. The normalized spacial score (nSPS) is 29.5. The van der Waals surface area contributed by atoms with Crippen molar-refractivity contribution in [2.45, 2.75) is 64.6 Å². The van der Waals surface area contributed by atoms with Crippen LogP contribution in [0.3, 0.4) is 0 Å². The van der Waals surface area contributed by atoms with Crippen LogP contribution in [0.4, 0.5) is 0 Å². The first-order valence-corrected chi connectivity index (χ1v) is 10.1. The lowest BCUT2D eigenvalue weighted by Crippen LogP contribution is -2.49. The van der Waals surface area contributed by atoms with Gasteiger partial charge in [-0.2, -0.15) is 0 Å². The summed E-state index contributed by atoms with van der Waals surface area (Å²) in [5.74, 6) is 2.26. The number of para-hydroxylation sites is 2. The summed E-state index contributed by atoms with van der Waals surface area (Å²) >= 11 is 0. The molecule has 3 unspecified atom stereocenters. The highest BCUT2D eigenvalue weighted by atomic mass is 16.1. The third-order valence-electron chi connectivity index (χ3n) is 6.53. The Morgan fingerprint density at radius 2 is 2.00 bits per heavy atom. The molecule has 3 atom stereocenters. The van der Waals surface area contributed by atoms with Crippen molar-refractivity contribution in [1.82, 2.24) is 14.9 Å². The lowest BCUT2D eigenvalue weighted by molar-refractivity contribution is -0.128. The number of nitrogens with two attached hydrogens (primary N) is 1. The van der Waals surface area contributed by atoms with Crippen LogP contribution in [-0.4, -0.2) is 21.5 Å². The van der Waals surface area contributed by atoms with Crippen LogP contribution in [0.25, 0.3) is 11.0 Å². The zero-order valence-electron chi connectivity index (χ0n) is 15.8. The fourth-order valence-electron chi connectivity index (χ4n) is 5.16. The molecule has 2 fully saturated rings. The summed E-state index contributed by atoms with van der Waals surface area (Å²) in [6.45, 7) is 5.01. The molecule has 2 aromatic rings. The molecule has 2 aliphatic rings. The second-order valence-electron chi connectivity index (χ2n) is 8.13. The van der Waals surface area contributed by atoms with Gasteiger partial charge in [-0.25, -0.2) is 4.98 Å². The number of amides is 1. The molecule has 26 heavy (non-hydrogen) atoms. The standard InChI is InChI=1S/C21H30N4O/c1-3-25-18-10-5-4-9-17(18)24-20(25)13(2)23-21(26)16-11-14-7-6-8-15(12-16)19(14)22/h4-5,9-10,13-16,19H,3,6-8,11-12,22H2,1-2H3,(H,23,26). The van der Waals surface area contributed by atoms with Gasteiger partial charge < -0.3 is 15.6 Å². The molecule has 0 radical (unpaired) electrons. The molecule has 1 amide bonds. The Morgan fingerprint density at radius 1 is 1.31 bits per heavy atom. The SMILES string of the molecule is CCn1c(C(C)NC(=O)C2CC3CCCC(C2)C3N)nc2ccccc21. The van der Waals surface area contributed by atoms with E-state index in [9.17, 15) is 4.79 Å².